The van der Waals surface area contributed by atoms with E-state index in [0.717, 1.165) is 12.5 Å². The van der Waals surface area contributed by atoms with E-state index in [1.807, 2.05) is 13.8 Å². The molecular formula is C13H17F4N. The second kappa shape index (κ2) is 5.69. The molecule has 0 saturated carbocycles. The second-order valence-corrected chi connectivity index (χ2v) is 4.78. The van der Waals surface area contributed by atoms with Gasteiger partial charge in [-0.25, -0.2) is 4.39 Å². The van der Waals surface area contributed by atoms with Crippen molar-refractivity contribution >= 4 is 0 Å². The summed E-state index contributed by atoms with van der Waals surface area (Å²) < 4.78 is 51.3. The van der Waals surface area contributed by atoms with Gasteiger partial charge in [0.15, 0.2) is 0 Å². The summed E-state index contributed by atoms with van der Waals surface area (Å²) in [4.78, 5) is 0. The Morgan fingerprint density at radius 2 is 1.78 bits per heavy atom. The summed E-state index contributed by atoms with van der Waals surface area (Å²) in [5.74, 6) is -0.869. The molecular weight excluding hydrogens is 246 g/mol. The van der Waals surface area contributed by atoms with Crippen LogP contribution in [-0.4, -0.2) is 0 Å². The minimum absolute atomic E-state index is 0.0644. The van der Waals surface area contributed by atoms with Gasteiger partial charge in [-0.2, -0.15) is 13.2 Å². The predicted octanol–water partition coefficient (Wildman–Crippen LogP) is 4.28. The highest BCUT2D eigenvalue weighted by Gasteiger charge is 2.35. The number of hydrogen-bond acceptors (Lipinski definition) is 1. The molecule has 1 atom stereocenters. The Morgan fingerprint density at radius 3 is 2.28 bits per heavy atom. The zero-order valence-electron chi connectivity index (χ0n) is 10.4. The van der Waals surface area contributed by atoms with Gasteiger partial charge in [0.1, 0.15) is 5.82 Å². The molecule has 0 radical (unpaired) electrons. The van der Waals surface area contributed by atoms with E-state index in [1.165, 1.54) is 12.1 Å². The maximum Gasteiger partial charge on any atom is 0.419 e. The minimum atomic E-state index is -4.68. The summed E-state index contributed by atoms with van der Waals surface area (Å²) in [6.45, 7) is 3.96. The van der Waals surface area contributed by atoms with Crippen molar-refractivity contribution in [3.63, 3.8) is 0 Å². The third kappa shape index (κ3) is 3.70. The summed E-state index contributed by atoms with van der Waals surface area (Å²) in [6, 6.07) is 2.54. The summed E-state index contributed by atoms with van der Waals surface area (Å²) in [5.41, 5.74) is 4.43. The summed E-state index contributed by atoms with van der Waals surface area (Å²) >= 11 is 0. The fourth-order valence-corrected chi connectivity index (χ4v) is 1.72. The van der Waals surface area contributed by atoms with Crippen molar-refractivity contribution in [1.29, 1.82) is 0 Å². The molecule has 5 heteroatoms. The second-order valence-electron chi connectivity index (χ2n) is 4.78. The van der Waals surface area contributed by atoms with Gasteiger partial charge in [-0.1, -0.05) is 26.0 Å². The van der Waals surface area contributed by atoms with Crippen molar-refractivity contribution < 1.29 is 17.6 Å². The average molecular weight is 263 g/mol. The Bertz CT molecular complexity index is 398. The molecule has 1 aromatic carbocycles. The van der Waals surface area contributed by atoms with Gasteiger partial charge < -0.3 is 5.73 Å². The first-order chi connectivity index (χ1) is 8.23. The number of halogens is 4. The number of hydrogen-bond donors (Lipinski definition) is 1. The molecule has 0 aromatic heterocycles. The first kappa shape index (κ1) is 15.0. The van der Waals surface area contributed by atoms with Gasteiger partial charge in [-0.15, -0.1) is 0 Å². The molecule has 0 heterocycles. The smallest absolute Gasteiger partial charge is 0.324 e. The topological polar surface area (TPSA) is 26.0 Å². The van der Waals surface area contributed by atoms with E-state index in [2.05, 4.69) is 0 Å². The SMILES string of the molecule is CC(C)CC[C@@H](N)c1cccc(C(F)(F)F)c1F. The fraction of sp³-hybridized carbons (Fsp3) is 0.538. The predicted molar refractivity (Wildman–Crippen MR) is 62.4 cm³/mol. The van der Waals surface area contributed by atoms with E-state index in [0.29, 0.717) is 12.3 Å². The van der Waals surface area contributed by atoms with Crippen LogP contribution in [0.3, 0.4) is 0 Å². The lowest BCUT2D eigenvalue weighted by atomic mass is 9.96. The van der Waals surface area contributed by atoms with Crippen molar-refractivity contribution in [2.45, 2.75) is 38.9 Å². The quantitative estimate of drug-likeness (QED) is 0.806. The molecule has 0 unspecified atom stereocenters. The molecule has 0 aliphatic heterocycles. The number of alkyl halides is 3. The Hall–Kier alpha value is -1.10. The number of benzene rings is 1. The van der Waals surface area contributed by atoms with E-state index in [-0.39, 0.29) is 5.56 Å². The molecule has 0 aliphatic carbocycles. The van der Waals surface area contributed by atoms with Gasteiger partial charge in [0.2, 0.25) is 0 Å². The van der Waals surface area contributed by atoms with E-state index >= 15 is 0 Å². The highest BCUT2D eigenvalue weighted by atomic mass is 19.4. The molecule has 0 aliphatic rings. The monoisotopic (exact) mass is 263 g/mol. The lowest BCUT2D eigenvalue weighted by molar-refractivity contribution is -0.140. The average Bonchev–Trinajstić information content (AvgIpc) is 2.24. The Morgan fingerprint density at radius 1 is 1.17 bits per heavy atom. The summed E-state index contributed by atoms with van der Waals surface area (Å²) in [6.07, 6.45) is -3.47. The maximum atomic E-state index is 13.7. The van der Waals surface area contributed by atoms with Crippen LogP contribution >= 0.6 is 0 Å². The van der Waals surface area contributed by atoms with Gasteiger partial charge in [-0.3, -0.25) is 0 Å². The van der Waals surface area contributed by atoms with Crippen LogP contribution in [0.4, 0.5) is 17.6 Å². The van der Waals surface area contributed by atoms with Crippen LogP contribution in [-0.2, 0) is 6.18 Å². The third-order valence-electron chi connectivity index (χ3n) is 2.79. The van der Waals surface area contributed by atoms with Crippen molar-refractivity contribution in [3.05, 3.63) is 35.1 Å². The third-order valence-corrected chi connectivity index (χ3v) is 2.79. The highest BCUT2D eigenvalue weighted by molar-refractivity contribution is 5.30. The van der Waals surface area contributed by atoms with Gasteiger partial charge in [0.05, 0.1) is 5.56 Å². The minimum Gasteiger partial charge on any atom is -0.324 e. The molecule has 2 N–H and O–H groups in total. The van der Waals surface area contributed by atoms with Crippen LogP contribution in [0.5, 0.6) is 0 Å². The molecule has 1 rings (SSSR count). The van der Waals surface area contributed by atoms with Crippen LogP contribution in [0.15, 0.2) is 18.2 Å². The molecule has 0 saturated heterocycles. The van der Waals surface area contributed by atoms with Gasteiger partial charge in [0, 0.05) is 11.6 Å². The first-order valence-corrected chi connectivity index (χ1v) is 5.84. The van der Waals surface area contributed by atoms with E-state index in [1.54, 1.807) is 0 Å². The van der Waals surface area contributed by atoms with Crippen LogP contribution in [0.1, 0.15) is 43.9 Å². The van der Waals surface area contributed by atoms with Gasteiger partial charge in [0.25, 0.3) is 0 Å². The van der Waals surface area contributed by atoms with Crippen LogP contribution in [0, 0.1) is 11.7 Å². The van der Waals surface area contributed by atoms with Crippen molar-refractivity contribution in [2.75, 3.05) is 0 Å². The van der Waals surface area contributed by atoms with E-state index in [4.69, 9.17) is 5.73 Å². The lowest BCUT2D eigenvalue weighted by Gasteiger charge is -2.17. The molecule has 18 heavy (non-hydrogen) atoms. The first-order valence-electron chi connectivity index (χ1n) is 5.84. The van der Waals surface area contributed by atoms with Crippen LogP contribution in [0.2, 0.25) is 0 Å². The Balaban J connectivity index is 2.96. The standard InChI is InChI=1S/C13H17F4N/c1-8(2)6-7-11(18)9-4-3-5-10(12(9)14)13(15,16)17/h3-5,8,11H,6-7,18H2,1-2H3/t11-/m1/s1. The zero-order valence-corrected chi connectivity index (χ0v) is 10.4. The van der Waals surface area contributed by atoms with Gasteiger partial charge >= 0.3 is 6.18 Å². The van der Waals surface area contributed by atoms with E-state index in [9.17, 15) is 17.6 Å². The Labute approximate surface area is 104 Å². The van der Waals surface area contributed by atoms with Gasteiger partial charge in [-0.05, 0) is 24.8 Å². The lowest BCUT2D eigenvalue weighted by Crippen LogP contribution is -2.16. The Kier molecular flexibility index (Phi) is 4.73. The normalized spacial score (nSPS) is 14.0. The molecule has 0 fully saturated rings. The molecule has 102 valence electrons. The number of nitrogens with two attached hydrogens (primary N) is 1. The molecule has 1 nitrogen and oxygen atoms in total. The zero-order chi connectivity index (χ0) is 13.9. The maximum absolute atomic E-state index is 13.7. The largest absolute Gasteiger partial charge is 0.419 e. The molecule has 0 amide bonds. The molecule has 0 spiro atoms. The number of rotatable bonds is 4. The fourth-order valence-electron chi connectivity index (χ4n) is 1.72. The molecule has 1 aromatic rings. The molecule has 0 bridgehead atoms. The van der Waals surface area contributed by atoms with Crippen LogP contribution in [0.25, 0.3) is 0 Å². The highest BCUT2D eigenvalue weighted by Crippen LogP contribution is 2.34. The van der Waals surface area contributed by atoms with E-state index < -0.39 is 23.6 Å². The van der Waals surface area contributed by atoms with Crippen molar-refractivity contribution in [1.82, 2.24) is 0 Å². The summed E-state index contributed by atoms with van der Waals surface area (Å²) in [7, 11) is 0. The van der Waals surface area contributed by atoms with Crippen LogP contribution < -0.4 is 5.73 Å². The summed E-state index contributed by atoms with van der Waals surface area (Å²) in [5, 5.41) is 0. The van der Waals surface area contributed by atoms with Crippen molar-refractivity contribution in [3.8, 4) is 0 Å². The van der Waals surface area contributed by atoms with Crippen molar-refractivity contribution in [2.24, 2.45) is 11.7 Å².